The quantitative estimate of drug-likeness (QED) is 0.795. The monoisotopic (exact) mass is 227 g/mol. The van der Waals surface area contributed by atoms with Gasteiger partial charge in [-0.15, -0.1) is 11.3 Å². The molecule has 84 valence electrons. The highest BCUT2D eigenvalue weighted by Gasteiger charge is 2.08. The van der Waals surface area contributed by atoms with Crippen molar-refractivity contribution in [1.82, 2.24) is 15.6 Å². The maximum atomic E-state index is 11.0. The molecule has 0 spiro atoms. The van der Waals surface area contributed by atoms with Crippen molar-refractivity contribution in [2.24, 2.45) is 0 Å². The van der Waals surface area contributed by atoms with Crippen LogP contribution in [0.2, 0.25) is 0 Å². The van der Waals surface area contributed by atoms with Gasteiger partial charge in [0.15, 0.2) is 0 Å². The number of carbonyl (C=O) groups excluding carboxylic acids is 1. The summed E-state index contributed by atoms with van der Waals surface area (Å²) in [5.41, 5.74) is 1.05. The minimum Gasteiger partial charge on any atom is -0.359 e. The van der Waals surface area contributed by atoms with E-state index in [-0.39, 0.29) is 11.9 Å². The Labute approximate surface area is 94.1 Å². The van der Waals surface area contributed by atoms with Crippen molar-refractivity contribution in [3.05, 3.63) is 16.1 Å². The van der Waals surface area contributed by atoms with Crippen molar-refractivity contribution in [2.75, 3.05) is 13.6 Å². The van der Waals surface area contributed by atoms with E-state index in [9.17, 15) is 4.79 Å². The predicted molar refractivity (Wildman–Crippen MR) is 62.0 cm³/mol. The second kappa shape index (κ2) is 5.82. The number of hydrogen-bond donors (Lipinski definition) is 2. The van der Waals surface area contributed by atoms with Crippen LogP contribution in [0.5, 0.6) is 0 Å². The maximum Gasteiger partial charge on any atom is 0.221 e. The van der Waals surface area contributed by atoms with Crippen LogP contribution in [0.25, 0.3) is 0 Å². The van der Waals surface area contributed by atoms with Crippen molar-refractivity contribution < 1.29 is 4.79 Å². The van der Waals surface area contributed by atoms with Gasteiger partial charge in [0.2, 0.25) is 5.91 Å². The van der Waals surface area contributed by atoms with Gasteiger partial charge in [0, 0.05) is 31.4 Å². The lowest BCUT2D eigenvalue weighted by Crippen LogP contribution is -2.26. The standard InChI is InChI=1S/C10H17N3OS/c1-7(9-6-15-8(2)13-9)12-5-4-10(14)11-3/h6-7,12H,4-5H2,1-3H3,(H,11,14). The number of rotatable bonds is 5. The molecule has 0 aliphatic rings. The van der Waals surface area contributed by atoms with Gasteiger partial charge in [0.05, 0.1) is 10.7 Å². The number of carbonyl (C=O) groups is 1. The van der Waals surface area contributed by atoms with E-state index in [0.29, 0.717) is 13.0 Å². The number of aryl methyl sites for hydroxylation is 1. The number of hydrogen-bond acceptors (Lipinski definition) is 4. The highest BCUT2D eigenvalue weighted by molar-refractivity contribution is 7.09. The molecule has 4 nitrogen and oxygen atoms in total. The van der Waals surface area contributed by atoms with Gasteiger partial charge in [-0.2, -0.15) is 0 Å². The molecule has 5 heteroatoms. The summed E-state index contributed by atoms with van der Waals surface area (Å²) in [5, 5.41) is 8.97. The lowest BCUT2D eigenvalue weighted by atomic mass is 10.2. The van der Waals surface area contributed by atoms with Gasteiger partial charge in [-0.05, 0) is 13.8 Å². The fourth-order valence-corrected chi connectivity index (χ4v) is 1.92. The van der Waals surface area contributed by atoms with Crippen LogP contribution in [0.4, 0.5) is 0 Å². The number of amides is 1. The van der Waals surface area contributed by atoms with Crippen molar-refractivity contribution in [3.8, 4) is 0 Å². The van der Waals surface area contributed by atoms with Crippen LogP contribution in [-0.4, -0.2) is 24.5 Å². The Balaban J connectivity index is 2.30. The van der Waals surface area contributed by atoms with Crippen LogP contribution in [0.15, 0.2) is 5.38 Å². The first-order valence-electron chi connectivity index (χ1n) is 4.99. The largest absolute Gasteiger partial charge is 0.359 e. The average Bonchev–Trinajstić information content (AvgIpc) is 2.64. The summed E-state index contributed by atoms with van der Waals surface area (Å²) in [6.45, 7) is 4.72. The molecule has 1 unspecified atom stereocenters. The molecule has 1 aromatic rings. The van der Waals surface area contributed by atoms with Crippen molar-refractivity contribution in [1.29, 1.82) is 0 Å². The van der Waals surface area contributed by atoms with Crippen LogP contribution in [0, 0.1) is 6.92 Å². The summed E-state index contributed by atoms with van der Waals surface area (Å²) in [7, 11) is 1.65. The molecular weight excluding hydrogens is 210 g/mol. The summed E-state index contributed by atoms with van der Waals surface area (Å²) in [5.74, 6) is 0.0594. The van der Waals surface area contributed by atoms with E-state index in [1.807, 2.05) is 12.3 Å². The van der Waals surface area contributed by atoms with E-state index in [1.165, 1.54) is 0 Å². The van der Waals surface area contributed by atoms with E-state index < -0.39 is 0 Å². The third kappa shape index (κ3) is 3.97. The molecule has 1 heterocycles. The van der Waals surface area contributed by atoms with Gasteiger partial charge >= 0.3 is 0 Å². The fraction of sp³-hybridized carbons (Fsp3) is 0.600. The molecule has 0 saturated heterocycles. The summed E-state index contributed by atoms with van der Waals surface area (Å²) in [6.07, 6.45) is 0.504. The van der Waals surface area contributed by atoms with E-state index in [4.69, 9.17) is 0 Å². The Hall–Kier alpha value is -0.940. The van der Waals surface area contributed by atoms with Gasteiger partial charge < -0.3 is 10.6 Å². The predicted octanol–water partition coefficient (Wildman–Crippen LogP) is 1.24. The van der Waals surface area contributed by atoms with Gasteiger partial charge in [-0.3, -0.25) is 4.79 Å². The molecule has 0 aliphatic carbocycles. The highest BCUT2D eigenvalue weighted by atomic mass is 32.1. The molecule has 2 N–H and O–H groups in total. The normalized spacial score (nSPS) is 12.5. The van der Waals surface area contributed by atoms with Crippen LogP contribution in [0.3, 0.4) is 0 Å². The zero-order valence-corrected chi connectivity index (χ0v) is 10.1. The Kier molecular flexibility index (Phi) is 4.71. The molecule has 0 aromatic carbocycles. The molecular formula is C10H17N3OS. The zero-order chi connectivity index (χ0) is 11.3. The van der Waals surface area contributed by atoms with E-state index >= 15 is 0 Å². The van der Waals surface area contributed by atoms with Gasteiger partial charge in [0.25, 0.3) is 0 Å². The molecule has 1 aromatic heterocycles. The smallest absolute Gasteiger partial charge is 0.221 e. The molecule has 1 amide bonds. The van der Waals surface area contributed by atoms with Crippen LogP contribution in [0.1, 0.15) is 30.1 Å². The van der Waals surface area contributed by atoms with Crippen LogP contribution < -0.4 is 10.6 Å². The summed E-state index contributed by atoms with van der Waals surface area (Å²) in [6, 6.07) is 0.208. The molecule has 15 heavy (non-hydrogen) atoms. The van der Waals surface area contributed by atoms with Crippen LogP contribution in [-0.2, 0) is 4.79 Å². The molecule has 0 saturated carbocycles. The minimum absolute atomic E-state index is 0.0594. The first kappa shape index (κ1) is 12.1. The molecule has 1 rings (SSSR count). The van der Waals surface area contributed by atoms with Gasteiger partial charge in [0.1, 0.15) is 0 Å². The Bertz CT molecular complexity index is 324. The topological polar surface area (TPSA) is 54.0 Å². The Morgan fingerprint density at radius 3 is 2.93 bits per heavy atom. The molecule has 0 aliphatic heterocycles. The summed E-state index contributed by atoms with van der Waals surface area (Å²) in [4.78, 5) is 15.4. The lowest BCUT2D eigenvalue weighted by Gasteiger charge is -2.10. The summed E-state index contributed by atoms with van der Waals surface area (Å²) >= 11 is 1.65. The molecule has 0 fully saturated rings. The maximum absolute atomic E-state index is 11.0. The number of nitrogens with zero attached hydrogens (tertiary/aromatic N) is 1. The second-order valence-electron chi connectivity index (χ2n) is 3.39. The first-order valence-corrected chi connectivity index (χ1v) is 5.87. The SMILES string of the molecule is CNC(=O)CCNC(C)c1csc(C)n1. The highest BCUT2D eigenvalue weighted by Crippen LogP contribution is 2.15. The van der Waals surface area contributed by atoms with Crippen LogP contribution >= 0.6 is 11.3 Å². The number of thiazole rings is 1. The third-order valence-corrected chi connectivity index (χ3v) is 2.95. The van der Waals surface area contributed by atoms with E-state index in [0.717, 1.165) is 10.7 Å². The number of nitrogens with one attached hydrogen (secondary N) is 2. The van der Waals surface area contributed by atoms with Gasteiger partial charge in [-0.1, -0.05) is 0 Å². The van der Waals surface area contributed by atoms with E-state index in [2.05, 4.69) is 22.5 Å². The van der Waals surface area contributed by atoms with Crippen molar-refractivity contribution in [2.45, 2.75) is 26.3 Å². The lowest BCUT2D eigenvalue weighted by molar-refractivity contribution is -0.120. The molecule has 1 atom stereocenters. The average molecular weight is 227 g/mol. The Morgan fingerprint density at radius 1 is 1.67 bits per heavy atom. The van der Waals surface area contributed by atoms with Crippen molar-refractivity contribution >= 4 is 17.2 Å². The Morgan fingerprint density at radius 2 is 2.40 bits per heavy atom. The minimum atomic E-state index is 0.0594. The van der Waals surface area contributed by atoms with Gasteiger partial charge in [-0.25, -0.2) is 4.98 Å². The molecule has 0 radical (unpaired) electrons. The number of aromatic nitrogens is 1. The fourth-order valence-electron chi connectivity index (χ4n) is 1.21. The van der Waals surface area contributed by atoms with E-state index in [1.54, 1.807) is 18.4 Å². The zero-order valence-electron chi connectivity index (χ0n) is 9.33. The summed E-state index contributed by atoms with van der Waals surface area (Å²) < 4.78 is 0. The first-order chi connectivity index (χ1) is 7.13. The molecule has 0 bridgehead atoms. The van der Waals surface area contributed by atoms with Crippen molar-refractivity contribution in [3.63, 3.8) is 0 Å². The third-order valence-electron chi connectivity index (χ3n) is 2.16. The second-order valence-corrected chi connectivity index (χ2v) is 4.45.